The van der Waals surface area contributed by atoms with E-state index in [0.717, 1.165) is 0 Å². The quantitative estimate of drug-likeness (QED) is 0.826. The Morgan fingerprint density at radius 2 is 2.22 bits per heavy atom. The zero-order valence-electron chi connectivity index (χ0n) is 9.71. The third-order valence-corrected chi connectivity index (χ3v) is 4.09. The molecule has 0 aliphatic carbocycles. The first-order chi connectivity index (χ1) is 8.62. The third kappa shape index (κ3) is 3.16. The van der Waals surface area contributed by atoms with Gasteiger partial charge >= 0.3 is 0 Å². The molecule has 0 fully saturated rings. The second-order valence-electron chi connectivity index (χ2n) is 3.56. The third-order valence-electron chi connectivity index (χ3n) is 2.18. The van der Waals surface area contributed by atoms with Gasteiger partial charge in [0.2, 0.25) is 5.09 Å². The molecule has 0 radical (unpaired) electrons. The standard InChI is InChI=1S/C10H13N3O3S2/c1-11-5-9-2-3-10(16-9)18(14,15)13-4-8-6-17-7-12-8/h2-3,6-7,11,13H,4-5H2,1H3. The Hall–Kier alpha value is -1.22. The van der Waals surface area contributed by atoms with Crippen LogP contribution in [0.25, 0.3) is 0 Å². The molecule has 6 nitrogen and oxygen atoms in total. The van der Waals surface area contributed by atoms with Crippen LogP contribution in [0.5, 0.6) is 0 Å². The Morgan fingerprint density at radius 1 is 1.39 bits per heavy atom. The Kier molecular flexibility index (Phi) is 4.12. The van der Waals surface area contributed by atoms with Crippen LogP contribution in [0.15, 0.2) is 32.5 Å². The van der Waals surface area contributed by atoms with Gasteiger partial charge < -0.3 is 9.73 Å². The Morgan fingerprint density at radius 3 is 2.89 bits per heavy atom. The number of nitrogens with zero attached hydrogens (tertiary/aromatic N) is 1. The van der Waals surface area contributed by atoms with Gasteiger partial charge in [-0.3, -0.25) is 0 Å². The highest BCUT2D eigenvalue weighted by molar-refractivity contribution is 7.89. The van der Waals surface area contributed by atoms with Gasteiger partial charge in [-0.25, -0.2) is 18.1 Å². The summed E-state index contributed by atoms with van der Waals surface area (Å²) in [6.07, 6.45) is 0. The lowest BCUT2D eigenvalue weighted by atomic mass is 10.4. The summed E-state index contributed by atoms with van der Waals surface area (Å²) in [6, 6.07) is 3.07. The first-order valence-corrected chi connectivity index (χ1v) is 7.64. The fraction of sp³-hybridized carbons (Fsp3) is 0.300. The van der Waals surface area contributed by atoms with E-state index in [4.69, 9.17) is 4.42 Å². The molecule has 2 N–H and O–H groups in total. The van der Waals surface area contributed by atoms with Crippen LogP contribution in [-0.4, -0.2) is 20.4 Å². The molecule has 18 heavy (non-hydrogen) atoms. The summed E-state index contributed by atoms with van der Waals surface area (Å²) in [5.74, 6) is 0.575. The fourth-order valence-corrected chi connectivity index (χ4v) is 2.84. The lowest BCUT2D eigenvalue weighted by Gasteiger charge is -2.02. The minimum Gasteiger partial charge on any atom is -0.447 e. The van der Waals surface area contributed by atoms with E-state index < -0.39 is 10.0 Å². The summed E-state index contributed by atoms with van der Waals surface area (Å²) >= 11 is 1.42. The molecule has 0 amide bonds. The van der Waals surface area contributed by atoms with Gasteiger partial charge in [0.05, 0.1) is 24.3 Å². The zero-order chi connectivity index (χ0) is 13.0. The summed E-state index contributed by atoms with van der Waals surface area (Å²) in [6.45, 7) is 0.648. The molecule has 2 aromatic heterocycles. The van der Waals surface area contributed by atoms with E-state index >= 15 is 0 Å². The summed E-state index contributed by atoms with van der Waals surface area (Å²) in [7, 11) is -1.85. The van der Waals surface area contributed by atoms with E-state index in [1.54, 1.807) is 24.0 Å². The predicted molar refractivity (Wildman–Crippen MR) is 67.6 cm³/mol. The van der Waals surface area contributed by atoms with Gasteiger partial charge in [-0.05, 0) is 19.2 Å². The van der Waals surface area contributed by atoms with Crippen molar-refractivity contribution in [3.05, 3.63) is 34.5 Å². The lowest BCUT2D eigenvalue weighted by molar-refractivity contribution is 0.404. The molecule has 2 heterocycles. The number of furan rings is 1. The average Bonchev–Trinajstić information content (AvgIpc) is 2.98. The molecule has 2 aromatic rings. The second kappa shape index (κ2) is 5.61. The largest absolute Gasteiger partial charge is 0.447 e. The van der Waals surface area contributed by atoms with Crippen LogP contribution in [0.2, 0.25) is 0 Å². The summed E-state index contributed by atoms with van der Waals surface area (Å²) in [4.78, 5) is 4.00. The summed E-state index contributed by atoms with van der Waals surface area (Å²) in [5, 5.41) is 4.59. The smallest absolute Gasteiger partial charge is 0.274 e. The van der Waals surface area contributed by atoms with E-state index in [1.165, 1.54) is 17.4 Å². The molecule has 0 spiro atoms. The molecule has 0 aliphatic rings. The van der Waals surface area contributed by atoms with Crippen LogP contribution in [0, 0.1) is 0 Å². The number of hydrogen-bond acceptors (Lipinski definition) is 6. The molecule has 0 saturated carbocycles. The van der Waals surface area contributed by atoms with Gasteiger partial charge in [0.15, 0.2) is 0 Å². The number of rotatable bonds is 6. The molecule has 0 bridgehead atoms. The van der Waals surface area contributed by atoms with Crippen LogP contribution < -0.4 is 10.0 Å². The first kappa shape index (κ1) is 13.2. The van der Waals surface area contributed by atoms with Crippen molar-refractivity contribution in [2.75, 3.05) is 7.05 Å². The number of nitrogens with one attached hydrogen (secondary N) is 2. The number of thiazole rings is 1. The first-order valence-electron chi connectivity index (χ1n) is 5.22. The highest BCUT2D eigenvalue weighted by Crippen LogP contribution is 2.14. The van der Waals surface area contributed by atoms with Crippen molar-refractivity contribution in [3.63, 3.8) is 0 Å². The van der Waals surface area contributed by atoms with Crippen molar-refractivity contribution in [3.8, 4) is 0 Å². The monoisotopic (exact) mass is 287 g/mol. The Balaban J connectivity index is 2.05. The normalized spacial score (nSPS) is 11.8. The molecule has 0 saturated heterocycles. The zero-order valence-corrected chi connectivity index (χ0v) is 11.3. The number of aromatic nitrogens is 1. The minimum absolute atomic E-state index is 0.0806. The van der Waals surface area contributed by atoms with Gasteiger partial charge in [0, 0.05) is 5.38 Å². The molecule has 0 aromatic carbocycles. The van der Waals surface area contributed by atoms with Gasteiger partial charge in [-0.2, -0.15) is 0 Å². The molecule has 98 valence electrons. The van der Waals surface area contributed by atoms with Crippen molar-refractivity contribution in [2.45, 2.75) is 18.2 Å². The summed E-state index contributed by atoms with van der Waals surface area (Å²) in [5.41, 5.74) is 2.34. The second-order valence-corrected chi connectivity index (χ2v) is 5.97. The van der Waals surface area contributed by atoms with E-state index in [2.05, 4.69) is 15.0 Å². The molecule has 0 aliphatic heterocycles. The summed E-state index contributed by atoms with van der Waals surface area (Å²) < 4.78 is 31.5. The van der Waals surface area contributed by atoms with Gasteiger partial charge in [0.25, 0.3) is 10.0 Å². The van der Waals surface area contributed by atoms with Crippen LogP contribution in [0.4, 0.5) is 0 Å². The Labute approximate surface area is 109 Å². The van der Waals surface area contributed by atoms with E-state index in [-0.39, 0.29) is 11.6 Å². The maximum absolute atomic E-state index is 11.9. The van der Waals surface area contributed by atoms with Crippen LogP contribution in [0.1, 0.15) is 11.5 Å². The maximum Gasteiger partial charge on any atom is 0.274 e. The van der Waals surface area contributed by atoms with Crippen molar-refractivity contribution >= 4 is 21.4 Å². The highest BCUT2D eigenvalue weighted by atomic mass is 32.2. The van der Waals surface area contributed by atoms with Crippen LogP contribution in [0.3, 0.4) is 0 Å². The maximum atomic E-state index is 11.9. The SMILES string of the molecule is CNCc1ccc(S(=O)(=O)NCc2cscn2)o1. The predicted octanol–water partition coefficient (Wildman–Crippen LogP) is 0.934. The van der Waals surface area contributed by atoms with Gasteiger partial charge in [-0.15, -0.1) is 11.3 Å². The molecular weight excluding hydrogens is 274 g/mol. The number of hydrogen-bond donors (Lipinski definition) is 2. The van der Waals surface area contributed by atoms with Crippen molar-refractivity contribution in [1.29, 1.82) is 0 Å². The fourth-order valence-electron chi connectivity index (χ4n) is 1.34. The van der Waals surface area contributed by atoms with Crippen molar-refractivity contribution in [1.82, 2.24) is 15.0 Å². The number of sulfonamides is 1. The average molecular weight is 287 g/mol. The van der Waals surface area contributed by atoms with E-state index in [0.29, 0.717) is 18.0 Å². The topological polar surface area (TPSA) is 84.2 Å². The molecule has 0 atom stereocenters. The van der Waals surface area contributed by atoms with Crippen molar-refractivity contribution in [2.24, 2.45) is 0 Å². The van der Waals surface area contributed by atoms with E-state index in [1.807, 2.05) is 0 Å². The molecule has 0 unspecified atom stereocenters. The lowest BCUT2D eigenvalue weighted by Crippen LogP contribution is -2.22. The minimum atomic E-state index is -3.61. The van der Waals surface area contributed by atoms with Crippen LogP contribution >= 0.6 is 11.3 Å². The van der Waals surface area contributed by atoms with Crippen molar-refractivity contribution < 1.29 is 12.8 Å². The molecule has 2 rings (SSSR count). The van der Waals surface area contributed by atoms with Gasteiger partial charge in [-0.1, -0.05) is 0 Å². The Bertz CT molecular complexity index is 590. The molecule has 8 heteroatoms. The van der Waals surface area contributed by atoms with Crippen LogP contribution in [-0.2, 0) is 23.1 Å². The molecular formula is C10H13N3O3S2. The van der Waals surface area contributed by atoms with Gasteiger partial charge in [0.1, 0.15) is 5.76 Å². The highest BCUT2D eigenvalue weighted by Gasteiger charge is 2.18. The van der Waals surface area contributed by atoms with E-state index in [9.17, 15) is 8.42 Å².